The van der Waals surface area contributed by atoms with Gasteiger partial charge in [0.1, 0.15) is 0 Å². The Morgan fingerprint density at radius 3 is 2.62 bits per heavy atom. The number of benzene rings is 1. The SMILES string of the molecule is C/C=C/[C@@H](C)c1cccc(N)c1N. The van der Waals surface area contributed by atoms with Crippen LogP contribution in [0.2, 0.25) is 0 Å². The summed E-state index contributed by atoms with van der Waals surface area (Å²) in [6.45, 7) is 4.10. The average molecular weight is 176 g/mol. The van der Waals surface area contributed by atoms with Crippen molar-refractivity contribution in [1.29, 1.82) is 0 Å². The first-order valence-electron chi connectivity index (χ1n) is 4.43. The monoisotopic (exact) mass is 176 g/mol. The van der Waals surface area contributed by atoms with Crippen molar-refractivity contribution in [2.45, 2.75) is 19.8 Å². The molecule has 2 heteroatoms. The molecule has 70 valence electrons. The van der Waals surface area contributed by atoms with E-state index in [0.717, 1.165) is 5.56 Å². The number of hydrogen-bond acceptors (Lipinski definition) is 2. The predicted molar refractivity (Wildman–Crippen MR) is 58.5 cm³/mol. The Bertz CT molecular complexity index is 316. The molecule has 13 heavy (non-hydrogen) atoms. The molecular formula is C11H16N2. The van der Waals surface area contributed by atoms with Gasteiger partial charge in [-0.05, 0) is 18.6 Å². The number of nitrogens with two attached hydrogens (primary N) is 2. The quantitative estimate of drug-likeness (QED) is 0.537. The van der Waals surface area contributed by atoms with Crippen molar-refractivity contribution in [2.24, 2.45) is 0 Å². The Balaban J connectivity index is 3.07. The number of anilines is 2. The summed E-state index contributed by atoms with van der Waals surface area (Å²) in [6.07, 6.45) is 4.12. The van der Waals surface area contributed by atoms with Gasteiger partial charge in [-0.2, -0.15) is 0 Å². The molecule has 4 N–H and O–H groups in total. The smallest absolute Gasteiger partial charge is 0.0586 e. The van der Waals surface area contributed by atoms with Gasteiger partial charge in [0.25, 0.3) is 0 Å². The number of allylic oxidation sites excluding steroid dienone is 2. The molecule has 2 nitrogen and oxygen atoms in total. The lowest BCUT2D eigenvalue weighted by Gasteiger charge is -2.11. The minimum Gasteiger partial charge on any atom is -0.397 e. The first-order chi connectivity index (χ1) is 6.16. The van der Waals surface area contributed by atoms with Gasteiger partial charge >= 0.3 is 0 Å². The molecule has 0 radical (unpaired) electrons. The van der Waals surface area contributed by atoms with E-state index < -0.39 is 0 Å². The predicted octanol–water partition coefficient (Wildman–Crippen LogP) is 2.53. The van der Waals surface area contributed by atoms with E-state index in [-0.39, 0.29) is 0 Å². The molecule has 1 rings (SSSR count). The summed E-state index contributed by atoms with van der Waals surface area (Å²) in [6, 6.07) is 5.76. The van der Waals surface area contributed by atoms with Crippen LogP contribution in [-0.2, 0) is 0 Å². The molecule has 0 fully saturated rings. The molecule has 0 unspecified atom stereocenters. The van der Waals surface area contributed by atoms with Crippen molar-refractivity contribution in [3.05, 3.63) is 35.9 Å². The van der Waals surface area contributed by atoms with Crippen LogP contribution < -0.4 is 11.5 Å². The largest absolute Gasteiger partial charge is 0.397 e. The van der Waals surface area contributed by atoms with Crippen LogP contribution in [0.3, 0.4) is 0 Å². The van der Waals surface area contributed by atoms with E-state index in [1.54, 1.807) is 0 Å². The Kier molecular flexibility index (Phi) is 2.96. The zero-order chi connectivity index (χ0) is 9.84. The minimum absolute atomic E-state index is 0.327. The van der Waals surface area contributed by atoms with Crippen molar-refractivity contribution in [3.63, 3.8) is 0 Å². The molecule has 0 saturated heterocycles. The van der Waals surface area contributed by atoms with E-state index in [1.165, 1.54) is 0 Å². The van der Waals surface area contributed by atoms with Crippen molar-refractivity contribution >= 4 is 11.4 Å². The highest BCUT2D eigenvalue weighted by atomic mass is 14.7. The third-order valence-corrected chi connectivity index (χ3v) is 2.15. The van der Waals surface area contributed by atoms with Gasteiger partial charge in [0.15, 0.2) is 0 Å². The number of hydrogen-bond donors (Lipinski definition) is 2. The lowest BCUT2D eigenvalue weighted by molar-refractivity contribution is 0.969. The van der Waals surface area contributed by atoms with Crippen molar-refractivity contribution in [2.75, 3.05) is 11.5 Å². The summed E-state index contributed by atoms with van der Waals surface area (Å²) in [7, 11) is 0. The number of para-hydroxylation sites is 1. The Labute approximate surface area is 79.2 Å². The second kappa shape index (κ2) is 3.99. The fraction of sp³-hybridized carbons (Fsp3) is 0.273. The van der Waals surface area contributed by atoms with E-state index in [9.17, 15) is 0 Å². The van der Waals surface area contributed by atoms with Crippen molar-refractivity contribution in [1.82, 2.24) is 0 Å². The molecule has 0 aliphatic rings. The second-order valence-corrected chi connectivity index (χ2v) is 3.16. The Morgan fingerprint density at radius 1 is 1.31 bits per heavy atom. The Hall–Kier alpha value is -1.44. The minimum atomic E-state index is 0.327. The highest BCUT2D eigenvalue weighted by Gasteiger charge is 2.06. The average Bonchev–Trinajstić information content (AvgIpc) is 2.10. The maximum Gasteiger partial charge on any atom is 0.0586 e. The van der Waals surface area contributed by atoms with Gasteiger partial charge in [-0.3, -0.25) is 0 Å². The van der Waals surface area contributed by atoms with Crippen LogP contribution >= 0.6 is 0 Å². The molecule has 0 spiro atoms. The van der Waals surface area contributed by atoms with Crippen LogP contribution in [0, 0.1) is 0 Å². The second-order valence-electron chi connectivity index (χ2n) is 3.16. The Morgan fingerprint density at radius 2 is 2.00 bits per heavy atom. The van der Waals surface area contributed by atoms with E-state index in [4.69, 9.17) is 11.5 Å². The summed E-state index contributed by atoms with van der Waals surface area (Å²) >= 11 is 0. The lowest BCUT2D eigenvalue weighted by atomic mass is 9.98. The molecule has 0 aromatic heterocycles. The van der Waals surface area contributed by atoms with Crippen LogP contribution in [0.15, 0.2) is 30.4 Å². The molecule has 0 saturated carbocycles. The summed E-state index contributed by atoms with van der Waals surface area (Å²) < 4.78 is 0. The zero-order valence-corrected chi connectivity index (χ0v) is 8.12. The normalized spacial score (nSPS) is 13.4. The number of nitrogen functional groups attached to an aromatic ring is 2. The molecule has 0 aliphatic heterocycles. The van der Waals surface area contributed by atoms with Gasteiger partial charge in [-0.15, -0.1) is 0 Å². The van der Waals surface area contributed by atoms with Crippen LogP contribution in [-0.4, -0.2) is 0 Å². The third kappa shape index (κ3) is 2.02. The van der Waals surface area contributed by atoms with Gasteiger partial charge in [0.05, 0.1) is 11.4 Å². The summed E-state index contributed by atoms with van der Waals surface area (Å²) in [5.74, 6) is 0.327. The van der Waals surface area contributed by atoms with Crippen LogP contribution in [0.1, 0.15) is 25.3 Å². The van der Waals surface area contributed by atoms with Crippen molar-refractivity contribution in [3.8, 4) is 0 Å². The molecule has 1 aromatic rings. The van der Waals surface area contributed by atoms with Gasteiger partial charge in [-0.25, -0.2) is 0 Å². The molecule has 0 heterocycles. The highest BCUT2D eigenvalue weighted by Crippen LogP contribution is 2.27. The van der Waals surface area contributed by atoms with Gasteiger partial charge < -0.3 is 11.5 Å². The highest BCUT2D eigenvalue weighted by molar-refractivity contribution is 5.68. The molecule has 0 aliphatic carbocycles. The fourth-order valence-electron chi connectivity index (χ4n) is 1.39. The van der Waals surface area contributed by atoms with Crippen molar-refractivity contribution < 1.29 is 0 Å². The summed E-state index contributed by atoms with van der Waals surface area (Å²) in [5.41, 5.74) is 14.0. The van der Waals surface area contributed by atoms with E-state index >= 15 is 0 Å². The molecule has 0 amide bonds. The van der Waals surface area contributed by atoms with E-state index in [1.807, 2.05) is 31.2 Å². The molecular weight excluding hydrogens is 160 g/mol. The first kappa shape index (κ1) is 9.65. The molecule has 1 atom stereocenters. The maximum absolute atomic E-state index is 5.85. The lowest BCUT2D eigenvalue weighted by Crippen LogP contribution is -2.01. The standard InChI is InChI=1S/C11H16N2/c1-3-5-8(2)9-6-4-7-10(12)11(9)13/h3-8H,12-13H2,1-2H3/b5-3+/t8-/m1/s1. The van der Waals surface area contributed by atoms with Crippen LogP contribution in [0.25, 0.3) is 0 Å². The first-order valence-corrected chi connectivity index (χ1v) is 4.43. The molecule has 0 bridgehead atoms. The fourth-order valence-corrected chi connectivity index (χ4v) is 1.39. The molecule has 1 aromatic carbocycles. The number of rotatable bonds is 2. The summed E-state index contributed by atoms with van der Waals surface area (Å²) in [5, 5.41) is 0. The third-order valence-electron chi connectivity index (χ3n) is 2.15. The summed E-state index contributed by atoms with van der Waals surface area (Å²) in [4.78, 5) is 0. The van der Waals surface area contributed by atoms with E-state index in [2.05, 4.69) is 13.0 Å². The van der Waals surface area contributed by atoms with Crippen LogP contribution in [0.4, 0.5) is 11.4 Å². The maximum atomic E-state index is 5.85. The van der Waals surface area contributed by atoms with Gasteiger partial charge in [0.2, 0.25) is 0 Å². The van der Waals surface area contributed by atoms with Gasteiger partial charge in [-0.1, -0.05) is 31.2 Å². The van der Waals surface area contributed by atoms with E-state index in [0.29, 0.717) is 17.3 Å². The van der Waals surface area contributed by atoms with Crippen LogP contribution in [0.5, 0.6) is 0 Å². The van der Waals surface area contributed by atoms with Gasteiger partial charge in [0, 0.05) is 5.92 Å². The topological polar surface area (TPSA) is 52.0 Å². The zero-order valence-electron chi connectivity index (χ0n) is 8.12.